The quantitative estimate of drug-likeness (QED) is 0.0506. The molecular formula is C60H75FN10O8. The number of fused-ring (bicyclic) bond motifs is 5. The molecule has 4 atom stereocenters. The summed E-state index contributed by atoms with van der Waals surface area (Å²) in [6, 6.07) is 15.3. The number of unbranched alkanes of at least 4 members (excludes halogenated alkanes) is 3. The van der Waals surface area contributed by atoms with E-state index in [1.165, 1.54) is 0 Å². The van der Waals surface area contributed by atoms with Gasteiger partial charge in [0, 0.05) is 88.4 Å². The van der Waals surface area contributed by atoms with Gasteiger partial charge in [-0.05, 0) is 144 Å². The van der Waals surface area contributed by atoms with E-state index in [0.717, 1.165) is 131 Å². The zero-order valence-corrected chi connectivity index (χ0v) is 46.4. The van der Waals surface area contributed by atoms with E-state index in [0.29, 0.717) is 60.7 Å². The fourth-order valence-electron chi connectivity index (χ4n) is 12.9. The highest BCUT2D eigenvalue weighted by atomic mass is 19.1. The van der Waals surface area contributed by atoms with Crippen LogP contribution in [0.15, 0.2) is 54.7 Å². The number of piperidine rings is 1. The van der Waals surface area contributed by atoms with Crippen molar-refractivity contribution in [2.45, 2.75) is 135 Å². The molecule has 2 bridgehead atoms. The number of amides is 4. The number of nitrogens with zero attached hydrogens (tertiary/aromatic N) is 9. The van der Waals surface area contributed by atoms with Crippen LogP contribution in [0.5, 0.6) is 11.8 Å². The number of carbonyl (C=O) groups is 4. The minimum absolute atomic E-state index is 0.0374. The molecule has 420 valence electrons. The third kappa shape index (κ3) is 11.5. The maximum absolute atomic E-state index is 17.7. The number of rotatable bonds is 18. The number of anilines is 2. The Kier molecular flexibility index (Phi) is 15.9. The summed E-state index contributed by atoms with van der Waals surface area (Å²) in [4.78, 5) is 78.8. The third-order valence-corrected chi connectivity index (χ3v) is 16.9. The molecule has 79 heavy (non-hydrogen) atoms. The lowest BCUT2D eigenvalue weighted by atomic mass is 9.95. The molecule has 19 heteroatoms. The molecule has 8 heterocycles. The van der Waals surface area contributed by atoms with Gasteiger partial charge < -0.3 is 33.6 Å². The van der Waals surface area contributed by atoms with E-state index < -0.39 is 17.5 Å². The van der Waals surface area contributed by atoms with Crippen LogP contribution in [-0.2, 0) is 32.0 Å². The molecule has 0 radical (unpaired) electrons. The topological polar surface area (TPSA) is 175 Å². The summed E-state index contributed by atoms with van der Waals surface area (Å²) in [6.07, 6.45) is 10.9. The number of halogens is 1. The highest BCUT2D eigenvalue weighted by Crippen LogP contribution is 2.41. The SMILES string of the molecule is CCc1cccc2cc(OCOC)cc(-c3ncc4c(N5CC6CCC(C5)N6C(=O)OC(C)(C)C)nc(OC[C@@H]5CCCN5CCCCCCN5CCN(c6ccc7c(c6)CN([C@H]6CCC(=O)NC6=O)C7=O)CC5)nc4c3F)c12. The molecule has 1 N–H and O–H groups in total. The number of pyridine rings is 1. The van der Waals surface area contributed by atoms with Crippen molar-refractivity contribution < 1.29 is 42.5 Å². The number of ether oxygens (including phenoxy) is 4. The Morgan fingerprint density at radius 1 is 0.848 bits per heavy atom. The molecule has 18 nitrogen and oxygen atoms in total. The van der Waals surface area contributed by atoms with Gasteiger partial charge in [0.1, 0.15) is 41.0 Å². The molecule has 11 rings (SSSR count). The van der Waals surface area contributed by atoms with Gasteiger partial charge in [-0.15, -0.1) is 0 Å². The monoisotopic (exact) mass is 1080 g/mol. The summed E-state index contributed by atoms with van der Waals surface area (Å²) >= 11 is 0. The van der Waals surface area contributed by atoms with Gasteiger partial charge in [-0.1, -0.05) is 38.0 Å². The first kappa shape index (κ1) is 54.3. The first-order valence-electron chi connectivity index (χ1n) is 28.7. The van der Waals surface area contributed by atoms with Crippen LogP contribution in [0, 0.1) is 5.82 Å². The highest BCUT2D eigenvalue weighted by molar-refractivity contribution is 6.06. The lowest BCUT2D eigenvalue weighted by Gasteiger charge is -2.42. The number of imide groups is 1. The van der Waals surface area contributed by atoms with Crippen LogP contribution < -0.4 is 24.6 Å². The molecule has 5 saturated heterocycles. The molecule has 3 aromatic carbocycles. The summed E-state index contributed by atoms with van der Waals surface area (Å²) in [5, 5.41) is 4.67. The van der Waals surface area contributed by atoms with E-state index in [1.54, 1.807) is 18.2 Å². The molecular weight excluding hydrogens is 1010 g/mol. The van der Waals surface area contributed by atoms with Crippen LogP contribution in [0.4, 0.5) is 20.7 Å². The van der Waals surface area contributed by atoms with Gasteiger partial charge in [-0.3, -0.25) is 39.4 Å². The van der Waals surface area contributed by atoms with Crippen LogP contribution in [0.25, 0.3) is 32.9 Å². The predicted octanol–water partition coefficient (Wildman–Crippen LogP) is 8.10. The Labute approximate surface area is 461 Å². The minimum atomic E-state index is -0.621. The molecule has 6 aliphatic heterocycles. The largest absolute Gasteiger partial charge is 0.468 e. The highest BCUT2D eigenvalue weighted by Gasteiger charge is 2.45. The van der Waals surface area contributed by atoms with E-state index in [4.69, 9.17) is 33.9 Å². The fraction of sp³-hybridized carbons (Fsp3) is 0.550. The van der Waals surface area contributed by atoms with Gasteiger partial charge in [-0.25, -0.2) is 9.18 Å². The van der Waals surface area contributed by atoms with Gasteiger partial charge in [0.15, 0.2) is 12.6 Å². The van der Waals surface area contributed by atoms with E-state index in [-0.39, 0.29) is 72.4 Å². The van der Waals surface area contributed by atoms with E-state index >= 15 is 4.39 Å². The Morgan fingerprint density at radius 3 is 2.38 bits per heavy atom. The lowest BCUT2D eigenvalue weighted by Crippen LogP contribution is -2.57. The fourth-order valence-corrected chi connectivity index (χ4v) is 12.9. The third-order valence-electron chi connectivity index (χ3n) is 16.9. The second-order valence-electron chi connectivity index (χ2n) is 23.2. The van der Waals surface area contributed by atoms with Crippen molar-refractivity contribution in [2.24, 2.45) is 0 Å². The van der Waals surface area contributed by atoms with Crippen LogP contribution in [-0.4, -0.2) is 168 Å². The van der Waals surface area contributed by atoms with Gasteiger partial charge in [-0.2, -0.15) is 9.97 Å². The van der Waals surface area contributed by atoms with Crippen molar-refractivity contribution >= 4 is 57.0 Å². The van der Waals surface area contributed by atoms with E-state index in [1.807, 2.05) is 62.1 Å². The zero-order valence-electron chi connectivity index (χ0n) is 46.4. The molecule has 4 amide bonds. The summed E-state index contributed by atoms with van der Waals surface area (Å²) in [7, 11) is 1.56. The Bertz CT molecular complexity index is 3100. The van der Waals surface area contributed by atoms with Gasteiger partial charge in [0.05, 0.1) is 17.5 Å². The average molecular weight is 1080 g/mol. The van der Waals surface area contributed by atoms with Gasteiger partial charge in [0.2, 0.25) is 11.8 Å². The number of aromatic nitrogens is 3. The number of aryl methyl sites for hydroxylation is 1. The average Bonchev–Trinajstić information content (AvgIpc) is 4.26. The number of hydrogen-bond acceptors (Lipinski definition) is 15. The number of hydrogen-bond donors (Lipinski definition) is 1. The number of nitrogens with one attached hydrogen (secondary N) is 1. The summed E-state index contributed by atoms with van der Waals surface area (Å²) in [6.45, 7) is 16.3. The van der Waals surface area contributed by atoms with Crippen LogP contribution in [0.1, 0.15) is 113 Å². The van der Waals surface area contributed by atoms with Crippen molar-refractivity contribution in [3.05, 3.63) is 77.2 Å². The first-order valence-corrected chi connectivity index (χ1v) is 28.7. The summed E-state index contributed by atoms with van der Waals surface area (Å²) in [5.74, 6) is -0.310. The summed E-state index contributed by atoms with van der Waals surface area (Å²) < 4.78 is 41.2. The number of piperazine rings is 2. The minimum Gasteiger partial charge on any atom is -0.468 e. The predicted molar refractivity (Wildman–Crippen MR) is 299 cm³/mol. The molecule has 6 aliphatic rings. The summed E-state index contributed by atoms with van der Waals surface area (Å²) in [5.41, 5.74) is 4.00. The Balaban J connectivity index is 0.722. The van der Waals surface area contributed by atoms with E-state index in [9.17, 15) is 19.2 Å². The maximum atomic E-state index is 17.7. The van der Waals surface area contributed by atoms with Crippen molar-refractivity contribution in [3.8, 4) is 23.0 Å². The molecule has 2 unspecified atom stereocenters. The van der Waals surface area contributed by atoms with Crippen LogP contribution in [0.3, 0.4) is 0 Å². The standard InChI is InChI=1S/C60H75FN10O8/c1-6-38-13-11-14-39-30-45(78-37-76-5)31-47(51(38)39)53-52(61)54-48(32-62-53)55(69-34-42-16-17-43(35-69)71(42)59(75)79-60(2,3)4)65-58(64-54)77-36-44-15-12-24-67(44)23-10-8-7-9-22-66-25-27-68(28-26-66)41-18-19-46-40(29-41)33-70(57(46)74)49-20-21-50(72)63-56(49)73/h11,13-14,18-19,29-32,42-44,49H,6-10,12,15-17,20-28,33-37H2,1-5H3,(H,63,72,73)/t42?,43?,44-,49-/m0/s1. The Hall–Kier alpha value is -6.70. The van der Waals surface area contributed by atoms with Crippen molar-refractivity contribution in [1.82, 2.24) is 39.9 Å². The lowest BCUT2D eigenvalue weighted by molar-refractivity contribution is -0.136. The van der Waals surface area contributed by atoms with Crippen LogP contribution in [0.2, 0.25) is 0 Å². The molecule has 2 aromatic heterocycles. The molecule has 0 saturated carbocycles. The van der Waals surface area contributed by atoms with Crippen molar-refractivity contribution in [3.63, 3.8) is 0 Å². The second-order valence-corrected chi connectivity index (χ2v) is 23.2. The number of carbonyl (C=O) groups excluding carboxylic acids is 4. The first-order chi connectivity index (χ1) is 38.2. The molecule has 0 spiro atoms. The van der Waals surface area contributed by atoms with E-state index in [2.05, 4.69) is 44.0 Å². The zero-order chi connectivity index (χ0) is 55.0. The molecule has 5 fully saturated rings. The number of benzene rings is 3. The smallest absolute Gasteiger partial charge is 0.410 e. The van der Waals surface area contributed by atoms with Crippen molar-refractivity contribution in [1.29, 1.82) is 0 Å². The normalized spacial score (nSPS) is 21.9. The Morgan fingerprint density at radius 2 is 1.63 bits per heavy atom. The maximum Gasteiger partial charge on any atom is 0.410 e. The molecule has 5 aromatic rings. The number of likely N-dealkylation sites (tertiary alicyclic amines) is 1. The van der Waals surface area contributed by atoms with Gasteiger partial charge in [0.25, 0.3) is 5.91 Å². The second kappa shape index (κ2) is 23.2. The van der Waals surface area contributed by atoms with Crippen molar-refractivity contribution in [2.75, 3.05) is 89.2 Å². The number of methoxy groups -OCH3 is 1. The van der Waals surface area contributed by atoms with Gasteiger partial charge >= 0.3 is 12.1 Å². The molecule has 0 aliphatic carbocycles. The van der Waals surface area contributed by atoms with Crippen LogP contribution >= 0.6 is 0 Å².